The average molecular weight is 251 g/mol. The summed E-state index contributed by atoms with van der Waals surface area (Å²) in [6.45, 7) is 1.80. The van der Waals surface area contributed by atoms with Crippen LogP contribution in [0.3, 0.4) is 0 Å². The molecule has 1 aliphatic rings. The van der Waals surface area contributed by atoms with Crippen LogP contribution in [0.25, 0.3) is 0 Å². The van der Waals surface area contributed by atoms with Crippen molar-refractivity contribution in [1.29, 1.82) is 0 Å². The van der Waals surface area contributed by atoms with Gasteiger partial charge in [-0.15, -0.1) is 0 Å². The van der Waals surface area contributed by atoms with Crippen LogP contribution in [0, 0.1) is 5.82 Å². The molecule has 1 aromatic carbocycles. The van der Waals surface area contributed by atoms with E-state index in [9.17, 15) is 9.18 Å². The fraction of sp³-hybridized carbons (Fsp3) is 0.500. The molecule has 0 spiro atoms. The van der Waals surface area contributed by atoms with Gasteiger partial charge in [-0.25, -0.2) is 4.39 Å². The van der Waals surface area contributed by atoms with Crippen molar-refractivity contribution in [1.82, 2.24) is 5.32 Å². The summed E-state index contributed by atoms with van der Waals surface area (Å²) in [5, 5.41) is 11.9. The van der Waals surface area contributed by atoms with Gasteiger partial charge in [0, 0.05) is 5.56 Å². The van der Waals surface area contributed by atoms with Crippen LogP contribution < -0.4 is 5.32 Å². The third kappa shape index (κ3) is 2.25. The van der Waals surface area contributed by atoms with Crippen LogP contribution in [0.15, 0.2) is 24.3 Å². The first kappa shape index (κ1) is 13.0. The van der Waals surface area contributed by atoms with Crippen molar-refractivity contribution < 1.29 is 14.3 Å². The number of benzene rings is 1. The number of halogens is 1. The van der Waals surface area contributed by atoms with Crippen LogP contribution in [0.5, 0.6) is 0 Å². The Balaban J connectivity index is 2.17. The molecule has 0 aliphatic heterocycles. The number of aliphatic hydroxyl groups excluding tert-OH is 1. The van der Waals surface area contributed by atoms with E-state index in [0.717, 1.165) is 0 Å². The molecule has 0 radical (unpaired) electrons. The monoisotopic (exact) mass is 251 g/mol. The number of carbonyl (C=O) groups is 1. The number of nitrogens with one attached hydrogen (secondary N) is 1. The van der Waals surface area contributed by atoms with E-state index < -0.39 is 5.41 Å². The van der Waals surface area contributed by atoms with Gasteiger partial charge in [0.1, 0.15) is 5.82 Å². The minimum Gasteiger partial charge on any atom is -0.394 e. The maximum atomic E-state index is 13.8. The van der Waals surface area contributed by atoms with Crippen molar-refractivity contribution >= 4 is 5.91 Å². The molecule has 2 rings (SSSR count). The van der Waals surface area contributed by atoms with Gasteiger partial charge >= 0.3 is 0 Å². The molecule has 0 saturated heterocycles. The number of rotatable bonds is 5. The second kappa shape index (κ2) is 5.06. The minimum absolute atomic E-state index is 0.0877. The van der Waals surface area contributed by atoms with Crippen molar-refractivity contribution in [2.45, 2.75) is 37.6 Å². The summed E-state index contributed by atoms with van der Waals surface area (Å²) >= 11 is 0. The molecule has 1 aromatic rings. The third-order valence-corrected chi connectivity index (χ3v) is 3.62. The first-order valence-electron chi connectivity index (χ1n) is 6.31. The van der Waals surface area contributed by atoms with Crippen LogP contribution in [0.2, 0.25) is 0 Å². The summed E-state index contributed by atoms with van der Waals surface area (Å²) in [6, 6.07) is 6.17. The quantitative estimate of drug-likeness (QED) is 0.837. The van der Waals surface area contributed by atoms with Crippen LogP contribution >= 0.6 is 0 Å². The van der Waals surface area contributed by atoms with Crippen molar-refractivity contribution in [2.75, 3.05) is 6.61 Å². The predicted octanol–water partition coefficient (Wildman–Crippen LogP) is 1.74. The molecular weight excluding hydrogens is 233 g/mol. The molecule has 3 nitrogen and oxygen atoms in total. The first-order valence-corrected chi connectivity index (χ1v) is 6.31. The molecule has 1 unspecified atom stereocenters. The maximum Gasteiger partial charge on any atom is 0.231 e. The first-order chi connectivity index (χ1) is 8.64. The normalized spacial score (nSPS) is 18.2. The standard InChI is InChI=1S/C14H18FNO2/c1-2-10(9-17)16-13(18)14(7-8-14)11-5-3-4-6-12(11)15/h3-6,10,17H,2,7-9H2,1H3,(H,16,18). The van der Waals surface area contributed by atoms with E-state index in [1.165, 1.54) is 6.07 Å². The Hall–Kier alpha value is -1.42. The van der Waals surface area contributed by atoms with E-state index in [4.69, 9.17) is 5.11 Å². The van der Waals surface area contributed by atoms with Crippen LogP contribution in [0.4, 0.5) is 4.39 Å². The van der Waals surface area contributed by atoms with Crippen LogP contribution in [0.1, 0.15) is 31.7 Å². The third-order valence-electron chi connectivity index (χ3n) is 3.62. The Kier molecular flexibility index (Phi) is 3.66. The summed E-state index contributed by atoms with van der Waals surface area (Å²) in [5.74, 6) is -0.504. The lowest BCUT2D eigenvalue weighted by molar-refractivity contribution is -0.124. The van der Waals surface area contributed by atoms with Gasteiger partial charge in [-0.05, 0) is 25.3 Å². The van der Waals surface area contributed by atoms with Crippen molar-refractivity contribution in [3.8, 4) is 0 Å². The van der Waals surface area contributed by atoms with E-state index in [0.29, 0.717) is 24.8 Å². The van der Waals surface area contributed by atoms with Crippen molar-refractivity contribution in [2.24, 2.45) is 0 Å². The summed E-state index contributed by atoms with van der Waals surface area (Å²) in [7, 11) is 0. The van der Waals surface area contributed by atoms with E-state index in [-0.39, 0.29) is 24.4 Å². The van der Waals surface area contributed by atoms with E-state index in [1.54, 1.807) is 18.2 Å². The number of hydrogen-bond acceptors (Lipinski definition) is 2. The van der Waals surface area contributed by atoms with Crippen molar-refractivity contribution in [3.05, 3.63) is 35.6 Å². The van der Waals surface area contributed by atoms with E-state index >= 15 is 0 Å². The minimum atomic E-state index is -0.714. The second-order valence-corrected chi connectivity index (χ2v) is 4.82. The van der Waals surface area contributed by atoms with Crippen LogP contribution in [-0.4, -0.2) is 23.7 Å². The molecule has 1 saturated carbocycles. The molecule has 4 heteroatoms. The summed E-state index contributed by atoms with van der Waals surface area (Å²) < 4.78 is 13.8. The van der Waals surface area contributed by atoms with E-state index in [1.807, 2.05) is 6.92 Å². The molecule has 1 fully saturated rings. The largest absolute Gasteiger partial charge is 0.394 e. The molecule has 1 aliphatic carbocycles. The topological polar surface area (TPSA) is 49.3 Å². The average Bonchev–Trinajstić information content (AvgIpc) is 3.17. The summed E-state index contributed by atoms with van der Waals surface area (Å²) in [5.41, 5.74) is -0.246. The highest BCUT2D eigenvalue weighted by atomic mass is 19.1. The Bertz CT molecular complexity index is 439. The second-order valence-electron chi connectivity index (χ2n) is 4.82. The highest BCUT2D eigenvalue weighted by Crippen LogP contribution is 2.49. The van der Waals surface area contributed by atoms with Gasteiger partial charge in [-0.3, -0.25) is 4.79 Å². The fourth-order valence-corrected chi connectivity index (χ4v) is 2.19. The SMILES string of the molecule is CCC(CO)NC(=O)C1(c2ccccc2F)CC1. The molecule has 2 N–H and O–H groups in total. The lowest BCUT2D eigenvalue weighted by Crippen LogP contribution is -2.43. The molecule has 0 bridgehead atoms. The number of amides is 1. The highest BCUT2D eigenvalue weighted by Gasteiger charge is 2.52. The Morgan fingerprint density at radius 3 is 2.67 bits per heavy atom. The number of hydrogen-bond donors (Lipinski definition) is 2. The smallest absolute Gasteiger partial charge is 0.231 e. The van der Waals surface area contributed by atoms with Gasteiger partial charge in [0.2, 0.25) is 5.91 Å². The number of carbonyl (C=O) groups excluding carboxylic acids is 1. The van der Waals surface area contributed by atoms with Gasteiger partial charge in [-0.2, -0.15) is 0 Å². The zero-order valence-corrected chi connectivity index (χ0v) is 10.4. The van der Waals surface area contributed by atoms with Crippen LogP contribution in [-0.2, 0) is 10.2 Å². The molecule has 18 heavy (non-hydrogen) atoms. The lowest BCUT2D eigenvalue weighted by Gasteiger charge is -2.20. The van der Waals surface area contributed by atoms with E-state index in [2.05, 4.69) is 5.32 Å². The molecule has 0 heterocycles. The summed E-state index contributed by atoms with van der Waals surface area (Å²) in [6.07, 6.45) is 2.00. The molecule has 98 valence electrons. The van der Waals surface area contributed by atoms with Gasteiger partial charge in [0.15, 0.2) is 0 Å². The Labute approximate surface area is 106 Å². The molecule has 0 aromatic heterocycles. The molecular formula is C14H18FNO2. The van der Waals surface area contributed by atoms with Gasteiger partial charge in [-0.1, -0.05) is 25.1 Å². The van der Waals surface area contributed by atoms with Gasteiger partial charge < -0.3 is 10.4 Å². The zero-order chi connectivity index (χ0) is 13.2. The maximum absolute atomic E-state index is 13.8. The Morgan fingerprint density at radius 1 is 1.50 bits per heavy atom. The highest BCUT2D eigenvalue weighted by molar-refractivity contribution is 5.91. The zero-order valence-electron chi connectivity index (χ0n) is 10.4. The van der Waals surface area contributed by atoms with Gasteiger partial charge in [0.25, 0.3) is 0 Å². The van der Waals surface area contributed by atoms with Crippen molar-refractivity contribution in [3.63, 3.8) is 0 Å². The lowest BCUT2D eigenvalue weighted by atomic mass is 9.94. The predicted molar refractivity (Wildman–Crippen MR) is 66.6 cm³/mol. The summed E-state index contributed by atoms with van der Waals surface area (Å²) in [4.78, 5) is 12.2. The van der Waals surface area contributed by atoms with Gasteiger partial charge in [0.05, 0.1) is 18.1 Å². The fourth-order valence-electron chi connectivity index (χ4n) is 2.19. The molecule has 1 atom stereocenters. The Morgan fingerprint density at radius 2 is 2.17 bits per heavy atom. The molecule has 1 amide bonds. The number of aliphatic hydroxyl groups is 1.